The lowest BCUT2D eigenvalue weighted by Gasteiger charge is -2.21. The van der Waals surface area contributed by atoms with Crippen molar-refractivity contribution in [1.29, 1.82) is 0 Å². The van der Waals surface area contributed by atoms with Crippen molar-refractivity contribution in [2.45, 2.75) is 26.6 Å². The van der Waals surface area contributed by atoms with Crippen LogP contribution in [0, 0.1) is 0 Å². The van der Waals surface area contributed by atoms with E-state index in [9.17, 15) is 22.8 Å². The predicted octanol–water partition coefficient (Wildman–Crippen LogP) is 3.35. The van der Waals surface area contributed by atoms with Crippen molar-refractivity contribution in [3.8, 4) is 0 Å². The molecule has 2 rings (SSSR count). The quantitative estimate of drug-likeness (QED) is 0.852. The van der Waals surface area contributed by atoms with Crippen molar-refractivity contribution in [3.63, 3.8) is 0 Å². The Morgan fingerprint density at radius 3 is 2.23 bits per heavy atom. The van der Waals surface area contributed by atoms with Crippen LogP contribution in [0.15, 0.2) is 47.4 Å². The van der Waals surface area contributed by atoms with Gasteiger partial charge in [0.05, 0.1) is 5.56 Å². The Balaban J connectivity index is 2.08. The van der Waals surface area contributed by atoms with Crippen LogP contribution < -0.4 is 15.8 Å². The first-order chi connectivity index (χ1) is 12.2. The van der Waals surface area contributed by atoms with Gasteiger partial charge in [0.1, 0.15) is 6.54 Å². The normalized spacial score (nSPS) is 11.3. The van der Waals surface area contributed by atoms with Crippen LogP contribution in [0.4, 0.5) is 24.5 Å². The van der Waals surface area contributed by atoms with E-state index in [1.807, 2.05) is 26.0 Å². The number of carbonyl (C=O) groups excluding carboxylic acids is 1. The van der Waals surface area contributed by atoms with Crippen LogP contribution in [0.2, 0.25) is 0 Å². The van der Waals surface area contributed by atoms with E-state index in [1.54, 1.807) is 12.1 Å². The molecule has 2 aromatic rings. The Hall–Kier alpha value is -2.77. The fourth-order valence-electron chi connectivity index (χ4n) is 2.52. The number of anilines is 2. The third-order valence-electron chi connectivity index (χ3n) is 3.90. The van der Waals surface area contributed by atoms with Crippen LogP contribution in [-0.4, -0.2) is 23.6 Å². The molecule has 0 unspecified atom stereocenters. The van der Waals surface area contributed by atoms with Gasteiger partial charge in [-0.1, -0.05) is 0 Å². The van der Waals surface area contributed by atoms with Crippen molar-refractivity contribution >= 4 is 17.3 Å². The fourth-order valence-corrected chi connectivity index (χ4v) is 2.52. The Kier molecular flexibility index (Phi) is 6.07. The summed E-state index contributed by atoms with van der Waals surface area (Å²) in [5, 5.41) is 2.58. The smallest absolute Gasteiger partial charge is 0.372 e. The summed E-state index contributed by atoms with van der Waals surface area (Å²) < 4.78 is 38.9. The summed E-state index contributed by atoms with van der Waals surface area (Å²) in [6, 6.07) is 8.61. The van der Waals surface area contributed by atoms with E-state index >= 15 is 0 Å². The Labute approximate surface area is 149 Å². The standard InChI is InChI=1S/C18H20F3N3O2/c1-3-23(4-2)15-8-6-14(7-9-15)22-16(25)12-24-11-13(18(19,20)21)5-10-17(24)26/h5-11H,3-4,12H2,1-2H3,(H,22,25). The molecular weight excluding hydrogens is 347 g/mol. The summed E-state index contributed by atoms with van der Waals surface area (Å²) in [4.78, 5) is 25.9. The van der Waals surface area contributed by atoms with Gasteiger partial charge in [-0.05, 0) is 44.2 Å². The maximum atomic E-state index is 12.7. The topological polar surface area (TPSA) is 54.3 Å². The molecule has 5 nitrogen and oxygen atoms in total. The third kappa shape index (κ3) is 4.87. The van der Waals surface area contributed by atoms with Gasteiger partial charge in [-0.3, -0.25) is 9.59 Å². The average molecular weight is 367 g/mol. The summed E-state index contributed by atoms with van der Waals surface area (Å²) in [5.41, 5.74) is -0.147. The van der Waals surface area contributed by atoms with Gasteiger partial charge >= 0.3 is 6.18 Å². The minimum atomic E-state index is -4.58. The van der Waals surface area contributed by atoms with Gasteiger partial charge in [0.2, 0.25) is 5.91 Å². The molecule has 0 atom stereocenters. The van der Waals surface area contributed by atoms with Crippen LogP contribution >= 0.6 is 0 Å². The Morgan fingerprint density at radius 1 is 1.08 bits per heavy atom. The van der Waals surface area contributed by atoms with Gasteiger partial charge in [-0.2, -0.15) is 13.2 Å². The largest absolute Gasteiger partial charge is 0.417 e. The van der Waals surface area contributed by atoms with E-state index < -0.39 is 29.8 Å². The number of hydrogen-bond donors (Lipinski definition) is 1. The summed E-state index contributed by atoms with van der Waals surface area (Å²) in [6.07, 6.45) is -3.93. The Morgan fingerprint density at radius 2 is 1.69 bits per heavy atom. The number of aromatic nitrogens is 1. The molecule has 0 aliphatic rings. The van der Waals surface area contributed by atoms with Gasteiger partial charge in [0.15, 0.2) is 0 Å². The molecule has 0 fully saturated rings. The number of halogens is 3. The van der Waals surface area contributed by atoms with Crippen molar-refractivity contribution < 1.29 is 18.0 Å². The van der Waals surface area contributed by atoms with E-state index in [2.05, 4.69) is 10.2 Å². The molecule has 0 saturated carbocycles. The third-order valence-corrected chi connectivity index (χ3v) is 3.90. The molecule has 1 aromatic heterocycles. The molecular formula is C18H20F3N3O2. The highest BCUT2D eigenvalue weighted by Crippen LogP contribution is 2.28. The maximum absolute atomic E-state index is 12.7. The molecule has 0 bridgehead atoms. The van der Waals surface area contributed by atoms with E-state index in [-0.39, 0.29) is 0 Å². The van der Waals surface area contributed by atoms with Gasteiger partial charge < -0.3 is 14.8 Å². The zero-order valence-corrected chi connectivity index (χ0v) is 14.5. The van der Waals surface area contributed by atoms with Crippen molar-refractivity contribution in [2.24, 2.45) is 0 Å². The summed E-state index contributed by atoms with van der Waals surface area (Å²) >= 11 is 0. The second-order valence-electron chi connectivity index (χ2n) is 5.65. The first-order valence-electron chi connectivity index (χ1n) is 8.17. The summed E-state index contributed by atoms with van der Waals surface area (Å²) in [5.74, 6) is -0.581. The number of nitrogens with one attached hydrogen (secondary N) is 1. The number of rotatable bonds is 6. The lowest BCUT2D eigenvalue weighted by atomic mass is 10.2. The van der Waals surface area contributed by atoms with E-state index in [0.717, 1.165) is 29.4 Å². The number of nitrogens with zero attached hydrogens (tertiary/aromatic N) is 2. The monoisotopic (exact) mass is 367 g/mol. The van der Waals surface area contributed by atoms with Crippen LogP contribution in [0.1, 0.15) is 19.4 Å². The lowest BCUT2D eigenvalue weighted by Crippen LogP contribution is -2.28. The molecule has 0 aliphatic heterocycles. The molecule has 1 N–H and O–H groups in total. The second-order valence-corrected chi connectivity index (χ2v) is 5.65. The van der Waals surface area contributed by atoms with Gasteiger partial charge in [-0.25, -0.2) is 0 Å². The zero-order valence-electron chi connectivity index (χ0n) is 14.5. The first kappa shape index (κ1) is 19.6. The minimum Gasteiger partial charge on any atom is -0.372 e. The first-order valence-corrected chi connectivity index (χ1v) is 8.17. The molecule has 0 radical (unpaired) electrons. The molecule has 1 heterocycles. The number of alkyl halides is 3. The summed E-state index contributed by atoms with van der Waals surface area (Å²) in [7, 11) is 0. The predicted molar refractivity (Wildman–Crippen MR) is 94.3 cm³/mol. The number of benzene rings is 1. The van der Waals surface area contributed by atoms with Crippen molar-refractivity contribution in [2.75, 3.05) is 23.3 Å². The molecule has 0 saturated heterocycles. The number of carbonyl (C=O) groups is 1. The molecule has 26 heavy (non-hydrogen) atoms. The van der Waals surface area contributed by atoms with E-state index in [1.165, 1.54) is 0 Å². The van der Waals surface area contributed by atoms with E-state index in [4.69, 9.17) is 0 Å². The maximum Gasteiger partial charge on any atom is 0.417 e. The average Bonchev–Trinajstić information content (AvgIpc) is 2.58. The van der Waals surface area contributed by atoms with Gasteiger partial charge in [-0.15, -0.1) is 0 Å². The van der Waals surface area contributed by atoms with Crippen LogP contribution in [-0.2, 0) is 17.5 Å². The van der Waals surface area contributed by atoms with Gasteiger partial charge in [0.25, 0.3) is 5.56 Å². The second kappa shape index (κ2) is 8.07. The highest BCUT2D eigenvalue weighted by atomic mass is 19.4. The Bertz CT molecular complexity index is 810. The molecule has 0 spiro atoms. The van der Waals surface area contributed by atoms with E-state index in [0.29, 0.717) is 18.0 Å². The fraction of sp³-hybridized carbons (Fsp3) is 0.333. The minimum absolute atomic E-state index is 0.499. The van der Waals surface area contributed by atoms with Crippen molar-refractivity contribution in [1.82, 2.24) is 4.57 Å². The number of hydrogen-bond acceptors (Lipinski definition) is 3. The molecule has 140 valence electrons. The molecule has 8 heteroatoms. The molecule has 0 aliphatic carbocycles. The lowest BCUT2D eigenvalue weighted by molar-refractivity contribution is -0.138. The number of amides is 1. The SMILES string of the molecule is CCN(CC)c1ccc(NC(=O)Cn2cc(C(F)(F)F)ccc2=O)cc1. The van der Waals surface area contributed by atoms with Crippen LogP contribution in [0.5, 0.6) is 0 Å². The van der Waals surface area contributed by atoms with Crippen LogP contribution in [0.3, 0.4) is 0 Å². The molecule has 1 aromatic carbocycles. The zero-order chi connectivity index (χ0) is 19.3. The van der Waals surface area contributed by atoms with Gasteiger partial charge in [0, 0.05) is 36.7 Å². The highest BCUT2D eigenvalue weighted by molar-refractivity contribution is 5.90. The highest BCUT2D eigenvalue weighted by Gasteiger charge is 2.31. The molecule has 1 amide bonds. The summed E-state index contributed by atoms with van der Waals surface area (Å²) in [6.45, 7) is 5.26. The van der Waals surface area contributed by atoms with Crippen LogP contribution in [0.25, 0.3) is 0 Å². The number of pyridine rings is 1. The van der Waals surface area contributed by atoms with Crippen molar-refractivity contribution in [3.05, 3.63) is 58.5 Å².